The van der Waals surface area contributed by atoms with Crippen LogP contribution in [0, 0.1) is 6.92 Å². The van der Waals surface area contributed by atoms with Crippen molar-refractivity contribution in [3.05, 3.63) is 36.0 Å². The SMILES string of the molecule is CCOc1ccccc1Nc1nc(C)cc(NCC2CCCO2)n1. The highest BCUT2D eigenvalue weighted by atomic mass is 16.5. The fraction of sp³-hybridized carbons (Fsp3) is 0.444. The van der Waals surface area contributed by atoms with Crippen molar-refractivity contribution >= 4 is 17.5 Å². The first kappa shape index (κ1) is 16.5. The summed E-state index contributed by atoms with van der Waals surface area (Å²) < 4.78 is 11.3. The summed E-state index contributed by atoms with van der Waals surface area (Å²) in [6.45, 7) is 6.16. The number of benzene rings is 1. The molecule has 2 heterocycles. The van der Waals surface area contributed by atoms with Crippen LogP contribution in [0.5, 0.6) is 5.75 Å². The lowest BCUT2D eigenvalue weighted by atomic mass is 10.2. The minimum atomic E-state index is 0.273. The maximum atomic E-state index is 5.64. The van der Waals surface area contributed by atoms with E-state index in [4.69, 9.17) is 9.47 Å². The normalized spacial score (nSPS) is 16.8. The second-order valence-corrected chi connectivity index (χ2v) is 5.79. The van der Waals surface area contributed by atoms with E-state index in [1.165, 1.54) is 0 Å². The molecule has 1 fully saturated rings. The second kappa shape index (κ2) is 7.97. The molecule has 0 bridgehead atoms. The van der Waals surface area contributed by atoms with Crippen LogP contribution in [-0.4, -0.2) is 35.8 Å². The molecule has 2 N–H and O–H groups in total. The van der Waals surface area contributed by atoms with Crippen molar-refractivity contribution in [2.45, 2.75) is 32.8 Å². The number of aryl methyl sites for hydroxylation is 1. The van der Waals surface area contributed by atoms with E-state index in [0.29, 0.717) is 12.6 Å². The lowest BCUT2D eigenvalue weighted by molar-refractivity contribution is 0.120. The Morgan fingerprint density at radius 3 is 2.96 bits per heavy atom. The van der Waals surface area contributed by atoms with E-state index in [1.807, 2.05) is 44.2 Å². The summed E-state index contributed by atoms with van der Waals surface area (Å²) >= 11 is 0. The summed E-state index contributed by atoms with van der Waals surface area (Å²) in [5.41, 5.74) is 1.76. The number of hydrogen-bond acceptors (Lipinski definition) is 6. The number of hydrogen-bond donors (Lipinski definition) is 2. The molecule has 1 aromatic carbocycles. The molecule has 0 saturated carbocycles. The van der Waals surface area contributed by atoms with E-state index < -0.39 is 0 Å². The molecule has 1 unspecified atom stereocenters. The highest BCUT2D eigenvalue weighted by molar-refractivity contribution is 5.63. The van der Waals surface area contributed by atoms with Gasteiger partial charge in [0.1, 0.15) is 11.6 Å². The summed E-state index contributed by atoms with van der Waals surface area (Å²) in [5.74, 6) is 2.14. The van der Waals surface area contributed by atoms with Gasteiger partial charge in [-0.25, -0.2) is 4.98 Å². The Kier molecular flexibility index (Phi) is 5.48. The minimum absolute atomic E-state index is 0.273. The van der Waals surface area contributed by atoms with Crippen LogP contribution < -0.4 is 15.4 Å². The Bertz CT molecular complexity index is 672. The molecule has 1 saturated heterocycles. The molecule has 1 aromatic heterocycles. The summed E-state index contributed by atoms with van der Waals surface area (Å²) in [4.78, 5) is 9.01. The van der Waals surface area contributed by atoms with E-state index >= 15 is 0 Å². The summed E-state index contributed by atoms with van der Waals surface area (Å²) in [6.07, 6.45) is 2.51. The van der Waals surface area contributed by atoms with Gasteiger partial charge in [-0.15, -0.1) is 0 Å². The third-order valence-electron chi connectivity index (χ3n) is 3.82. The van der Waals surface area contributed by atoms with E-state index in [9.17, 15) is 0 Å². The van der Waals surface area contributed by atoms with Gasteiger partial charge in [0.25, 0.3) is 0 Å². The standard InChI is InChI=1S/C18H24N4O2/c1-3-23-16-9-5-4-8-15(16)21-18-20-13(2)11-17(22-18)19-12-14-7-6-10-24-14/h4-5,8-9,11,14H,3,6-7,10,12H2,1-2H3,(H2,19,20,21,22). The predicted molar refractivity (Wildman–Crippen MR) is 95.1 cm³/mol. The zero-order valence-electron chi connectivity index (χ0n) is 14.2. The van der Waals surface area contributed by atoms with E-state index in [2.05, 4.69) is 20.6 Å². The molecule has 0 radical (unpaired) electrons. The second-order valence-electron chi connectivity index (χ2n) is 5.79. The molecule has 128 valence electrons. The maximum Gasteiger partial charge on any atom is 0.229 e. The third kappa shape index (κ3) is 4.35. The highest BCUT2D eigenvalue weighted by Crippen LogP contribution is 2.26. The Morgan fingerprint density at radius 1 is 1.29 bits per heavy atom. The molecule has 1 atom stereocenters. The van der Waals surface area contributed by atoms with Gasteiger partial charge >= 0.3 is 0 Å². The van der Waals surface area contributed by atoms with Crippen LogP contribution >= 0.6 is 0 Å². The van der Waals surface area contributed by atoms with E-state index in [0.717, 1.165) is 48.9 Å². The quantitative estimate of drug-likeness (QED) is 0.810. The zero-order valence-corrected chi connectivity index (χ0v) is 14.2. The maximum absolute atomic E-state index is 5.64. The smallest absolute Gasteiger partial charge is 0.229 e. The fourth-order valence-corrected chi connectivity index (χ4v) is 2.71. The van der Waals surface area contributed by atoms with Gasteiger partial charge in [0.15, 0.2) is 0 Å². The molecule has 3 rings (SSSR count). The van der Waals surface area contributed by atoms with Gasteiger partial charge in [0.05, 0.1) is 18.4 Å². The number of nitrogens with zero attached hydrogens (tertiary/aromatic N) is 2. The van der Waals surface area contributed by atoms with Gasteiger partial charge in [-0.05, 0) is 38.8 Å². The van der Waals surface area contributed by atoms with Crippen LogP contribution in [0.4, 0.5) is 17.5 Å². The van der Waals surface area contributed by atoms with E-state index in [-0.39, 0.29) is 6.10 Å². The lowest BCUT2D eigenvalue weighted by Crippen LogP contribution is -2.19. The van der Waals surface area contributed by atoms with Crippen LogP contribution in [0.2, 0.25) is 0 Å². The van der Waals surface area contributed by atoms with Crippen molar-refractivity contribution < 1.29 is 9.47 Å². The fourth-order valence-electron chi connectivity index (χ4n) is 2.71. The Hall–Kier alpha value is -2.34. The van der Waals surface area contributed by atoms with E-state index in [1.54, 1.807) is 0 Å². The molecular formula is C18H24N4O2. The van der Waals surface area contributed by atoms with Gasteiger partial charge in [-0.3, -0.25) is 0 Å². The first-order valence-electron chi connectivity index (χ1n) is 8.44. The summed E-state index contributed by atoms with van der Waals surface area (Å²) in [5, 5.41) is 6.59. The molecule has 0 spiro atoms. The Morgan fingerprint density at radius 2 is 2.17 bits per heavy atom. The van der Waals surface area contributed by atoms with Crippen LogP contribution in [0.15, 0.2) is 30.3 Å². The molecule has 0 amide bonds. The molecule has 6 nitrogen and oxygen atoms in total. The molecule has 2 aromatic rings. The lowest BCUT2D eigenvalue weighted by Gasteiger charge is -2.14. The first-order chi connectivity index (χ1) is 11.7. The minimum Gasteiger partial charge on any atom is -0.492 e. The van der Waals surface area contributed by atoms with Crippen LogP contribution in [-0.2, 0) is 4.74 Å². The predicted octanol–water partition coefficient (Wildman–Crippen LogP) is 3.52. The third-order valence-corrected chi connectivity index (χ3v) is 3.82. The van der Waals surface area contributed by atoms with Gasteiger partial charge in [0, 0.05) is 24.9 Å². The van der Waals surface area contributed by atoms with Crippen molar-refractivity contribution in [3.8, 4) is 5.75 Å². The van der Waals surface area contributed by atoms with Crippen LogP contribution in [0.3, 0.4) is 0 Å². The monoisotopic (exact) mass is 328 g/mol. The highest BCUT2D eigenvalue weighted by Gasteiger charge is 2.15. The van der Waals surface area contributed by atoms with Crippen molar-refractivity contribution in [2.24, 2.45) is 0 Å². The number of anilines is 3. The number of para-hydroxylation sites is 2. The van der Waals surface area contributed by atoms with Gasteiger partial charge in [-0.2, -0.15) is 4.98 Å². The molecule has 24 heavy (non-hydrogen) atoms. The molecular weight excluding hydrogens is 304 g/mol. The molecule has 1 aliphatic heterocycles. The number of rotatable bonds is 7. The average molecular weight is 328 g/mol. The summed E-state index contributed by atoms with van der Waals surface area (Å²) in [7, 11) is 0. The topological polar surface area (TPSA) is 68.3 Å². The Labute approximate surface area is 142 Å². The molecule has 6 heteroatoms. The largest absolute Gasteiger partial charge is 0.492 e. The number of nitrogens with one attached hydrogen (secondary N) is 2. The van der Waals surface area contributed by atoms with Crippen molar-refractivity contribution in [2.75, 3.05) is 30.4 Å². The number of aromatic nitrogens is 2. The first-order valence-corrected chi connectivity index (χ1v) is 8.44. The van der Waals surface area contributed by atoms with Crippen molar-refractivity contribution in [1.82, 2.24) is 9.97 Å². The number of ether oxygens (including phenoxy) is 2. The summed E-state index contributed by atoms with van der Waals surface area (Å²) in [6, 6.07) is 9.72. The average Bonchev–Trinajstić information content (AvgIpc) is 3.08. The van der Waals surface area contributed by atoms with Gasteiger partial charge in [0.2, 0.25) is 5.95 Å². The van der Waals surface area contributed by atoms with Crippen LogP contribution in [0.1, 0.15) is 25.5 Å². The van der Waals surface area contributed by atoms with Gasteiger partial charge < -0.3 is 20.1 Å². The Balaban J connectivity index is 1.71. The van der Waals surface area contributed by atoms with Crippen molar-refractivity contribution in [1.29, 1.82) is 0 Å². The van der Waals surface area contributed by atoms with Crippen molar-refractivity contribution in [3.63, 3.8) is 0 Å². The molecule has 1 aliphatic rings. The van der Waals surface area contributed by atoms with Crippen LogP contribution in [0.25, 0.3) is 0 Å². The zero-order chi connectivity index (χ0) is 16.8. The molecule has 0 aliphatic carbocycles. The van der Waals surface area contributed by atoms with Gasteiger partial charge in [-0.1, -0.05) is 12.1 Å².